The van der Waals surface area contributed by atoms with Crippen LogP contribution in [0.1, 0.15) is 49.0 Å². The van der Waals surface area contributed by atoms with Gasteiger partial charge in [-0.2, -0.15) is 5.26 Å². The zero-order valence-electron chi connectivity index (χ0n) is 15.2. The average molecular weight is 356 g/mol. The van der Waals surface area contributed by atoms with Gasteiger partial charge in [0.05, 0.1) is 5.56 Å². The number of aromatic nitrogens is 2. The molecule has 25 heavy (non-hydrogen) atoms. The second-order valence-corrected chi connectivity index (χ2v) is 8.88. The van der Waals surface area contributed by atoms with E-state index < -0.39 is 0 Å². The van der Waals surface area contributed by atoms with Gasteiger partial charge in [0, 0.05) is 17.3 Å². The molecule has 5 nitrogen and oxygen atoms in total. The van der Waals surface area contributed by atoms with Gasteiger partial charge in [-0.3, -0.25) is 4.79 Å². The van der Waals surface area contributed by atoms with Crippen LogP contribution in [0.3, 0.4) is 0 Å². The van der Waals surface area contributed by atoms with Crippen molar-refractivity contribution in [2.75, 3.05) is 5.32 Å². The minimum atomic E-state index is -0.122. The molecule has 0 saturated carbocycles. The Morgan fingerprint density at radius 2 is 2.28 bits per heavy atom. The van der Waals surface area contributed by atoms with E-state index in [-0.39, 0.29) is 17.9 Å². The molecule has 0 fully saturated rings. The Morgan fingerprint density at radius 1 is 1.52 bits per heavy atom. The Kier molecular flexibility index (Phi) is 4.70. The number of anilines is 1. The lowest BCUT2D eigenvalue weighted by atomic mass is 9.72. The number of nitriles is 1. The summed E-state index contributed by atoms with van der Waals surface area (Å²) in [6, 6.07) is 2.31. The molecule has 0 aliphatic heterocycles. The lowest BCUT2D eigenvalue weighted by Gasteiger charge is -2.33. The van der Waals surface area contributed by atoms with Gasteiger partial charge >= 0.3 is 0 Å². The number of carbonyl (C=O) groups excluding carboxylic acids is 1. The Hall–Kier alpha value is -2.13. The second-order valence-electron chi connectivity index (χ2n) is 7.78. The van der Waals surface area contributed by atoms with Gasteiger partial charge in [-0.25, -0.2) is 4.98 Å². The highest BCUT2D eigenvalue weighted by Crippen LogP contribution is 2.43. The number of rotatable bonds is 3. The summed E-state index contributed by atoms with van der Waals surface area (Å²) in [5.41, 5.74) is 2.06. The van der Waals surface area contributed by atoms with Gasteiger partial charge in [-0.15, -0.1) is 11.3 Å². The van der Waals surface area contributed by atoms with E-state index in [9.17, 15) is 10.1 Å². The van der Waals surface area contributed by atoms with E-state index in [0.29, 0.717) is 16.5 Å². The molecule has 132 valence electrons. The summed E-state index contributed by atoms with van der Waals surface area (Å²) in [5.74, 6) is 1.29. The van der Waals surface area contributed by atoms with Crippen molar-refractivity contribution in [1.29, 1.82) is 5.26 Å². The maximum atomic E-state index is 12.4. The molecule has 2 aromatic heterocycles. The molecule has 0 radical (unpaired) electrons. The topological polar surface area (TPSA) is 70.7 Å². The van der Waals surface area contributed by atoms with Crippen LogP contribution >= 0.6 is 11.3 Å². The zero-order valence-corrected chi connectivity index (χ0v) is 16.0. The monoisotopic (exact) mass is 356 g/mol. The molecule has 2 aromatic rings. The number of hydrogen-bond donors (Lipinski definition) is 1. The van der Waals surface area contributed by atoms with Gasteiger partial charge in [-0.1, -0.05) is 20.8 Å². The quantitative estimate of drug-likeness (QED) is 0.906. The van der Waals surface area contributed by atoms with Crippen LogP contribution in [0.2, 0.25) is 0 Å². The van der Waals surface area contributed by atoms with Crippen molar-refractivity contribution in [3.63, 3.8) is 0 Å². The third-order valence-electron chi connectivity index (χ3n) is 5.09. The molecule has 2 heterocycles. The van der Waals surface area contributed by atoms with E-state index in [1.165, 1.54) is 4.88 Å². The molecule has 1 aliphatic carbocycles. The molecular weight excluding hydrogens is 332 g/mol. The highest BCUT2D eigenvalue weighted by Gasteiger charge is 2.32. The number of aryl methyl sites for hydroxylation is 1. The number of nitrogens with zero attached hydrogens (tertiary/aromatic N) is 3. The van der Waals surface area contributed by atoms with Crippen molar-refractivity contribution in [3.05, 3.63) is 34.2 Å². The third kappa shape index (κ3) is 3.62. The fraction of sp³-hybridized carbons (Fsp3) is 0.526. The van der Waals surface area contributed by atoms with E-state index in [1.54, 1.807) is 28.3 Å². The number of hydrogen-bond acceptors (Lipinski definition) is 4. The minimum Gasteiger partial charge on any atom is -0.326 e. The van der Waals surface area contributed by atoms with Gasteiger partial charge in [0.25, 0.3) is 0 Å². The van der Waals surface area contributed by atoms with Gasteiger partial charge in [0.2, 0.25) is 5.91 Å². The number of fused-ring (bicyclic) bond motifs is 1. The molecule has 6 heteroatoms. The zero-order chi connectivity index (χ0) is 18.2. The largest absolute Gasteiger partial charge is 0.326 e. The van der Waals surface area contributed by atoms with Crippen LogP contribution in [0.15, 0.2) is 12.4 Å². The number of carbonyl (C=O) groups is 1. The normalized spacial score (nSPS) is 17.0. The van der Waals surface area contributed by atoms with Crippen molar-refractivity contribution < 1.29 is 4.79 Å². The van der Waals surface area contributed by atoms with Crippen LogP contribution in [0, 0.1) is 29.6 Å². The number of amides is 1. The van der Waals surface area contributed by atoms with Crippen LogP contribution in [0.25, 0.3) is 0 Å². The average Bonchev–Trinajstić information content (AvgIpc) is 3.08. The van der Waals surface area contributed by atoms with E-state index in [4.69, 9.17) is 0 Å². The summed E-state index contributed by atoms with van der Waals surface area (Å²) in [7, 11) is 0. The Morgan fingerprint density at radius 3 is 2.88 bits per heavy atom. The van der Waals surface area contributed by atoms with Crippen molar-refractivity contribution in [3.8, 4) is 6.07 Å². The predicted molar refractivity (Wildman–Crippen MR) is 99.6 cm³/mol. The first-order valence-corrected chi connectivity index (χ1v) is 9.43. The molecule has 0 spiro atoms. The molecule has 0 saturated heterocycles. The van der Waals surface area contributed by atoms with Crippen molar-refractivity contribution >= 4 is 22.2 Å². The molecule has 0 bridgehead atoms. The Labute approximate surface area is 152 Å². The Bertz CT molecular complexity index is 835. The molecule has 3 rings (SSSR count). The molecule has 1 amide bonds. The van der Waals surface area contributed by atoms with E-state index in [0.717, 1.165) is 30.7 Å². The van der Waals surface area contributed by atoms with Gasteiger partial charge < -0.3 is 9.88 Å². The maximum Gasteiger partial charge on any atom is 0.244 e. The summed E-state index contributed by atoms with van der Waals surface area (Å²) in [4.78, 5) is 17.8. The minimum absolute atomic E-state index is 0.122. The first kappa shape index (κ1) is 17.7. The van der Waals surface area contributed by atoms with Crippen LogP contribution in [0.5, 0.6) is 0 Å². The Balaban J connectivity index is 1.79. The summed E-state index contributed by atoms with van der Waals surface area (Å²) in [5, 5.41) is 13.2. The molecule has 1 unspecified atom stereocenters. The number of nitrogens with one attached hydrogen (secondary N) is 1. The molecule has 1 atom stereocenters. The molecule has 1 N–H and O–H groups in total. The summed E-state index contributed by atoms with van der Waals surface area (Å²) < 4.78 is 1.80. The maximum absolute atomic E-state index is 12.4. The van der Waals surface area contributed by atoms with Crippen LogP contribution in [-0.4, -0.2) is 15.5 Å². The lowest BCUT2D eigenvalue weighted by Crippen LogP contribution is -2.26. The van der Waals surface area contributed by atoms with E-state index >= 15 is 0 Å². The van der Waals surface area contributed by atoms with Crippen LogP contribution in [-0.2, 0) is 24.2 Å². The van der Waals surface area contributed by atoms with Crippen molar-refractivity contribution in [2.24, 2.45) is 11.3 Å². The summed E-state index contributed by atoms with van der Waals surface area (Å²) in [6.07, 6.45) is 6.48. The fourth-order valence-electron chi connectivity index (χ4n) is 3.42. The molecule has 1 aliphatic rings. The molecule has 0 aromatic carbocycles. The second kappa shape index (κ2) is 6.64. The first-order chi connectivity index (χ1) is 11.8. The number of imidazole rings is 1. The predicted octanol–water partition coefficient (Wildman–Crippen LogP) is 3.91. The highest BCUT2D eigenvalue weighted by molar-refractivity contribution is 7.16. The third-order valence-corrected chi connectivity index (χ3v) is 6.26. The molecular formula is C19H24N4OS. The van der Waals surface area contributed by atoms with Gasteiger partial charge in [0.1, 0.15) is 23.4 Å². The van der Waals surface area contributed by atoms with E-state index in [1.807, 2.05) is 6.92 Å². The fourth-order valence-corrected chi connectivity index (χ4v) is 4.72. The lowest BCUT2D eigenvalue weighted by molar-refractivity contribution is -0.116. The van der Waals surface area contributed by atoms with Crippen LogP contribution in [0.4, 0.5) is 5.00 Å². The van der Waals surface area contributed by atoms with Crippen molar-refractivity contribution in [1.82, 2.24) is 9.55 Å². The van der Waals surface area contributed by atoms with Crippen LogP contribution < -0.4 is 5.32 Å². The van der Waals surface area contributed by atoms with Gasteiger partial charge in [-0.05, 0) is 43.1 Å². The smallest absolute Gasteiger partial charge is 0.244 e. The number of thiophene rings is 1. The van der Waals surface area contributed by atoms with Gasteiger partial charge in [0.15, 0.2) is 0 Å². The summed E-state index contributed by atoms with van der Waals surface area (Å²) in [6.45, 7) is 8.90. The SMILES string of the molecule is Cc1nccn1CC(=O)Nc1sc2c(c1C#N)CCC(C(C)(C)C)C2. The van der Waals surface area contributed by atoms with E-state index in [2.05, 4.69) is 37.1 Å². The first-order valence-electron chi connectivity index (χ1n) is 8.61. The highest BCUT2D eigenvalue weighted by atomic mass is 32.1. The summed E-state index contributed by atoms with van der Waals surface area (Å²) >= 11 is 1.57. The standard InChI is InChI=1S/C19H24N4OS/c1-12-21-7-8-23(12)11-17(24)22-18-15(10-20)14-6-5-13(19(2,3)4)9-16(14)25-18/h7-8,13H,5-6,9,11H2,1-4H3,(H,22,24). The van der Waals surface area contributed by atoms with Crippen molar-refractivity contribution in [2.45, 2.75) is 53.5 Å².